The highest BCUT2D eigenvalue weighted by Crippen LogP contribution is 2.35. The fraction of sp³-hybridized carbons (Fsp3) is 0.381. The average molecular weight is 472 g/mol. The van der Waals surface area contributed by atoms with Gasteiger partial charge < -0.3 is 14.8 Å². The van der Waals surface area contributed by atoms with E-state index in [0.29, 0.717) is 13.2 Å². The van der Waals surface area contributed by atoms with Gasteiger partial charge in [0.05, 0.1) is 29.7 Å². The van der Waals surface area contributed by atoms with Crippen LogP contribution in [0.2, 0.25) is 0 Å². The lowest BCUT2D eigenvalue weighted by molar-refractivity contribution is -0.139. The fourth-order valence-electron chi connectivity index (χ4n) is 3.12. The monoisotopic (exact) mass is 472 g/mol. The Morgan fingerprint density at radius 3 is 2.53 bits per heavy atom. The Kier molecular flexibility index (Phi) is 7.42. The average Bonchev–Trinajstić information content (AvgIpc) is 2.78. The van der Waals surface area contributed by atoms with Gasteiger partial charge in [0.25, 0.3) is 5.91 Å². The first-order valence-electron chi connectivity index (χ1n) is 9.87. The zero-order valence-electron chi connectivity index (χ0n) is 17.3. The standard InChI is InChI=1S/C21H23F3N2O5S/c1-15(14-31-19-8-3-2-7-18(19)21(22,23)24)25-20(27)16-5-4-6-17(13-16)32(28,29)26-9-11-30-12-10-26/h2-8,13,15H,9-12,14H2,1H3,(H,25,27). The lowest BCUT2D eigenvalue weighted by Crippen LogP contribution is -2.40. The van der Waals surface area contributed by atoms with Crippen molar-refractivity contribution in [3.05, 3.63) is 59.7 Å². The van der Waals surface area contributed by atoms with E-state index >= 15 is 0 Å². The van der Waals surface area contributed by atoms with Gasteiger partial charge in [-0.05, 0) is 37.3 Å². The molecule has 2 aromatic carbocycles. The molecule has 1 unspecified atom stereocenters. The van der Waals surface area contributed by atoms with E-state index in [1.807, 2.05) is 0 Å². The van der Waals surface area contributed by atoms with Gasteiger partial charge in [-0.1, -0.05) is 18.2 Å². The van der Waals surface area contributed by atoms with Crippen molar-refractivity contribution < 1.29 is 35.9 Å². The van der Waals surface area contributed by atoms with Crippen molar-refractivity contribution in [2.24, 2.45) is 0 Å². The molecule has 3 rings (SSSR count). The van der Waals surface area contributed by atoms with Crippen LogP contribution >= 0.6 is 0 Å². The van der Waals surface area contributed by atoms with Gasteiger partial charge >= 0.3 is 6.18 Å². The maximum Gasteiger partial charge on any atom is 0.419 e. The summed E-state index contributed by atoms with van der Waals surface area (Å²) in [5, 5.41) is 2.61. The van der Waals surface area contributed by atoms with Crippen molar-refractivity contribution in [2.45, 2.75) is 24.0 Å². The number of carbonyl (C=O) groups excluding carboxylic acids is 1. The van der Waals surface area contributed by atoms with Crippen LogP contribution in [0.3, 0.4) is 0 Å². The molecule has 1 aliphatic rings. The number of nitrogens with one attached hydrogen (secondary N) is 1. The SMILES string of the molecule is CC(COc1ccccc1C(F)(F)F)NC(=O)c1cccc(S(=O)(=O)N2CCOCC2)c1. The highest BCUT2D eigenvalue weighted by Gasteiger charge is 2.34. The maximum absolute atomic E-state index is 13.1. The molecule has 11 heteroatoms. The summed E-state index contributed by atoms with van der Waals surface area (Å²) >= 11 is 0. The summed E-state index contributed by atoms with van der Waals surface area (Å²) in [6.45, 7) is 2.43. The number of alkyl halides is 3. The van der Waals surface area contributed by atoms with Crippen molar-refractivity contribution in [1.29, 1.82) is 0 Å². The first-order valence-corrected chi connectivity index (χ1v) is 11.3. The van der Waals surface area contributed by atoms with Crippen LogP contribution in [0.1, 0.15) is 22.8 Å². The summed E-state index contributed by atoms with van der Waals surface area (Å²) in [6.07, 6.45) is -4.56. The predicted molar refractivity (Wildman–Crippen MR) is 110 cm³/mol. The van der Waals surface area contributed by atoms with E-state index in [-0.39, 0.29) is 35.9 Å². The Morgan fingerprint density at radius 2 is 1.84 bits per heavy atom. The Balaban J connectivity index is 1.65. The molecule has 1 saturated heterocycles. The normalized spacial score (nSPS) is 16.4. The van der Waals surface area contributed by atoms with Crippen LogP contribution in [0.4, 0.5) is 13.2 Å². The van der Waals surface area contributed by atoms with Crippen LogP contribution in [-0.4, -0.2) is 57.6 Å². The molecule has 1 amide bonds. The van der Waals surface area contributed by atoms with Crippen molar-refractivity contribution in [3.8, 4) is 5.75 Å². The van der Waals surface area contributed by atoms with Crippen molar-refractivity contribution >= 4 is 15.9 Å². The lowest BCUT2D eigenvalue weighted by Gasteiger charge is -2.26. The van der Waals surface area contributed by atoms with Crippen LogP contribution in [-0.2, 0) is 20.9 Å². The maximum atomic E-state index is 13.1. The van der Waals surface area contributed by atoms with Gasteiger partial charge in [0, 0.05) is 18.7 Å². The second kappa shape index (κ2) is 9.88. The second-order valence-electron chi connectivity index (χ2n) is 7.22. The topological polar surface area (TPSA) is 84.9 Å². The number of hydrogen-bond acceptors (Lipinski definition) is 5. The van der Waals surface area contributed by atoms with Gasteiger partial charge in [-0.2, -0.15) is 17.5 Å². The Labute approximate surface area is 184 Å². The number of nitrogens with zero attached hydrogens (tertiary/aromatic N) is 1. The van der Waals surface area contributed by atoms with Crippen molar-refractivity contribution in [3.63, 3.8) is 0 Å². The van der Waals surface area contributed by atoms with Gasteiger partial charge in [-0.15, -0.1) is 0 Å². The molecule has 1 aliphatic heterocycles. The molecule has 0 saturated carbocycles. The van der Waals surface area contributed by atoms with Crippen LogP contribution in [0.25, 0.3) is 0 Å². The molecule has 32 heavy (non-hydrogen) atoms. The molecule has 0 radical (unpaired) electrons. The number of ether oxygens (including phenoxy) is 2. The van der Waals surface area contributed by atoms with Gasteiger partial charge in [-0.3, -0.25) is 4.79 Å². The molecule has 1 fully saturated rings. The summed E-state index contributed by atoms with van der Waals surface area (Å²) in [7, 11) is -3.77. The number of amides is 1. The summed E-state index contributed by atoms with van der Waals surface area (Å²) in [5.41, 5.74) is -0.790. The molecule has 1 N–H and O–H groups in total. The second-order valence-corrected chi connectivity index (χ2v) is 9.16. The zero-order valence-corrected chi connectivity index (χ0v) is 18.1. The molecule has 0 aliphatic carbocycles. The molecule has 1 atom stereocenters. The number of para-hydroxylation sites is 1. The number of morpholine rings is 1. The van der Waals surface area contributed by atoms with Crippen LogP contribution in [0.5, 0.6) is 5.75 Å². The molecule has 7 nitrogen and oxygen atoms in total. The number of benzene rings is 2. The summed E-state index contributed by atoms with van der Waals surface area (Å²) in [4.78, 5) is 12.6. The molecule has 0 spiro atoms. The smallest absolute Gasteiger partial charge is 0.419 e. The summed E-state index contributed by atoms with van der Waals surface area (Å²) in [6, 6.07) is 9.77. The molecular formula is C21H23F3N2O5S. The third-order valence-electron chi connectivity index (χ3n) is 4.76. The zero-order chi connectivity index (χ0) is 23.4. The lowest BCUT2D eigenvalue weighted by atomic mass is 10.2. The number of carbonyl (C=O) groups is 1. The number of rotatable bonds is 7. The van der Waals surface area contributed by atoms with E-state index in [1.54, 1.807) is 6.92 Å². The van der Waals surface area contributed by atoms with Crippen LogP contribution < -0.4 is 10.1 Å². The van der Waals surface area contributed by atoms with Gasteiger partial charge in [-0.25, -0.2) is 8.42 Å². The minimum atomic E-state index is -4.56. The highest BCUT2D eigenvalue weighted by atomic mass is 32.2. The van der Waals surface area contributed by atoms with Crippen molar-refractivity contribution in [2.75, 3.05) is 32.9 Å². The van der Waals surface area contributed by atoms with E-state index in [9.17, 15) is 26.4 Å². The van der Waals surface area contributed by atoms with E-state index in [1.165, 1.54) is 46.8 Å². The quantitative estimate of drug-likeness (QED) is 0.670. The van der Waals surface area contributed by atoms with Gasteiger partial charge in [0.2, 0.25) is 10.0 Å². The molecule has 0 aromatic heterocycles. The minimum Gasteiger partial charge on any atom is -0.491 e. The van der Waals surface area contributed by atoms with Gasteiger partial charge in [0.15, 0.2) is 0 Å². The third-order valence-corrected chi connectivity index (χ3v) is 6.66. The van der Waals surface area contributed by atoms with Crippen LogP contribution in [0.15, 0.2) is 53.4 Å². The minimum absolute atomic E-state index is 0.0185. The van der Waals surface area contributed by atoms with E-state index in [2.05, 4.69) is 5.32 Å². The molecule has 0 bridgehead atoms. The Morgan fingerprint density at radius 1 is 1.16 bits per heavy atom. The molecular weight excluding hydrogens is 449 g/mol. The van der Waals surface area contributed by atoms with Crippen LogP contribution in [0, 0.1) is 0 Å². The first-order chi connectivity index (χ1) is 15.1. The molecule has 1 heterocycles. The third kappa shape index (κ3) is 5.78. The Bertz CT molecular complexity index is 1050. The number of hydrogen-bond donors (Lipinski definition) is 1. The predicted octanol–water partition coefficient (Wildman–Crippen LogP) is 2.92. The van der Waals surface area contributed by atoms with Crippen molar-refractivity contribution in [1.82, 2.24) is 9.62 Å². The Hall–Kier alpha value is -2.63. The molecule has 2 aromatic rings. The molecule has 174 valence electrons. The first kappa shape index (κ1) is 24.0. The fourth-order valence-corrected chi connectivity index (χ4v) is 4.58. The highest BCUT2D eigenvalue weighted by molar-refractivity contribution is 7.89. The largest absolute Gasteiger partial charge is 0.491 e. The summed E-state index contributed by atoms with van der Waals surface area (Å²) < 4.78 is 76.5. The van der Waals surface area contributed by atoms with Gasteiger partial charge in [0.1, 0.15) is 12.4 Å². The van der Waals surface area contributed by atoms with E-state index < -0.39 is 33.7 Å². The number of sulfonamides is 1. The summed E-state index contributed by atoms with van der Waals surface area (Å²) in [5.74, 6) is -0.899. The number of halogens is 3. The van der Waals surface area contributed by atoms with E-state index in [4.69, 9.17) is 9.47 Å². The van der Waals surface area contributed by atoms with E-state index in [0.717, 1.165) is 6.07 Å².